The molecule has 1 amide bonds. The van der Waals surface area contributed by atoms with Gasteiger partial charge in [-0.05, 0) is 48.4 Å². The van der Waals surface area contributed by atoms with E-state index in [1.54, 1.807) is 10.8 Å². The number of nitrogens with one attached hydrogen (secondary N) is 1. The highest BCUT2D eigenvalue weighted by Crippen LogP contribution is 2.34. The van der Waals surface area contributed by atoms with Crippen molar-refractivity contribution in [3.8, 4) is 17.2 Å². The van der Waals surface area contributed by atoms with E-state index in [0.717, 1.165) is 28.1 Å². The zero-order valence-corrected chi connectivity index (χ0v) is 18.1. The number of aromatic nitrogens is 1. The minimum Gasteiger partial charge on any atom is -0.378 e. The molecule has 2 N–H and O–H groups in total. The van der Waals surface area contributed by atoms with Crippen molar-refractivity contribution in [2.24, 2.45) is 0 Å². The van der Waals surface area contributed by atoms with E-state index in [2.05, 4.69) is 5.32 Å². The average Bonchev–Trinajstić information content (AvgIpc) is 3.21. The number of nitrogens with zero attached hydrogens (tertiary/aromatic N) is 2. The predicted molar refractivity (Wildman–Crippen MR) is 123 cm³/mol. The summed E-state index contributed by atoms with van der Waals surface area (Å²) >= 11 is 0. The van der Waals surface area contributed by atoms with Gasteiger partial charge in [0.2, 0.25) is 0 Å². The first-order chi connectivity index (χ1) is 16.1. The van der Waals surface area contributed by atoms with Gasteiger partial charge in [-0.15, -0.1) is 0 Å². The largest absolute Gasteiger partial charge is 0.417 e. The van der Waals surface area contributed by atoms with E-state index >= 15 is 0 Å². The lowest BCUT2D eigenvalue weighted by Gasteiger charge is -2.24. The zero-order chi connectivity index (χ0) is 24.5. The van der Waals surface area contributed by atoms with Crippen molar-refractivity contribution >= 4 is 22.5 Å². The molecule has 172 valence electrons. The molecule has 1 heterocycles. The number of aliphatic hydroxyl groups is 1. The molecule has 1 atom stereocenters. The minimum absolute atomic E-state index is 0.122. The van der Waals surface area contributed by atoms with Crippen LogP contribution in [0.2, 0.25) is 0 Å². The number of alkyl halides is 3. The molecule has 34 heavy (non-hydrogen) atoms. The lowest BCUT2D eigenvalue weighted by atomic mass is 10.0. The van der Waals surface area contributed by atoms with Gasteiger partial charge in [0, 0.05) is 22.8 Å². The van der Waals surface area contributed by atoms with Gasteiger partial charge in [0.15, 0.2) is 5.60 Å². The maximum atomic E-state index is 13.2. The van der Waals surface area contributed by atoms with Crippen molar-refractivity contribution in [1.82, 2.24) is 4.57 Å². The normalized spacial score (nSPS) is 13.3. The minimum atomic E-state index is -4.76. The number of anilines is 1. The third-order valence-corrected chi connectivity index (χ3v) is 5.57. The van der Waals surface area contributed by atoms with Crippen LogP contribution < -0.4 is 5.32 Å². The Balaban J connectivity index is 1.59. The van der Waals surface area contributed by atoms with E-state index in [-0.39, 0.29) is 12.2 Å². The molecule has 0 fully saturated rings. The maximum absolute atomic E-state index is 13.2. The van der Waals surface area contributed by atoms with E-state index in [4.69, 9.17) is 5.26 Å². The van der Waals surface area contributed by atoms with Crippen LogP contribution in [0.25, 0.3) is 22.0 Å². The smallest absolute Gasteiger partial charge is 0.378 e. The molecule has 3 aromatic carbocycles. The molecule has 4 rings (SSSR count). The SMILES string of the molecule is CC(O)(Cn1ccc2c(-c3ccccc3)cccc21)C(=O)Nc1ccc(C#N)c(C(F)(F)F)c1. The molecule has 0 saturated carbocycles. The van der Waals surface area contributed by atoms with E-state index < -0.39 is 28.8 Å². The van der Waals surface area contributed by atoms with Gasteiger partial charge >= 0.3 is 6.18 Å². The fourth-order valence-electron chi connectivity index (χ4n) is 3.85. The number of benzene rings is 3. The fraction of sp³-hybridized carbons (Fsp3) is 0.154. The highest BCUT2D eigenvalue weighted by Gasteiger charge is 2.35. The van der Waals surface area contributed by atoms with Crippen LogP contribution in [0, 0.1) is 11.3 Å². The van der Waals surface area contributed by atoms with Crippen LogP contribution in [0.1, 0.15) is 18.1 Å². The summed E-state index contributed by atoms with van der Waals surface area (Å²) in [5.41, 5.74) is -0.981. The summed E-state index contributed by atoms with van der Waals surface area (Å²) < 4.78 is 41.4. The number of carbonyl (C=O) groups excluding carboxylic acids is 1. The molecule has 5 nitrogen and oxygen atoms in total. The highest BCUT2D eigenvalue weighted by atomic mass is 19.4. The summed E-state index contributed by atoms with van der Waals surface area (Å²) in [5.74, 6) is -0.869. The molecule has 8 heteroatoms. The third kappa shape index (κ3) is 4.51. The molecule has 1 aromatic heterocycles. The Labute approximate surface area is 193 Å². The number of carbonyl (C=O) groups is 1. The molecule has 0 bridgehead atoms. The molecule has 0 spiro atoms. The Morgan fingerprint density at radius 3 is 2.47 bits per heavy atom. The number of halogens is 3. The van der Waals surface area contributed by atoms with Crippen molar-refractivity contribution in [2.75, 3.05) is 5.32 Å². The third-order valence-electron chi connectivity index (χ3n) is 5.57. The first-order valence-electron chi connectivity index (χ1n) is 10.4. The quantitative estimate of drug-likeness (QED) is 0.405. The van der Waals surface area contributed by atoms with Gasteiger partial charge in [0.25, 0.3) is 5.91 Å². The van der Waals surface area contributed by atoms with Gasteiger partial charge in [-0.1, -0.05) is 42.5 Å². The lowest BCUT2D eigenvalue weighted by Crippen LogP contribution is -2.43. The molecular formula is C26H20F3N3O2. The number of amides is 1. The van der Waals surface area contributed by atoms with E-state index in [0.29, 0.717) is 6.07 Å². The van der Waals surface area contributed by atoms with Gasteiger partial charge in [-0.25, -0.2) is 0 Å². The van der Waals surface area contributed by atoms with Crippen LogP contribution in [0.4, 0.5) is 18.9 Å². The van der Waals surface area contributed by atoms with E-state index in [1.165, 1.54) is 19.1 Å². The lowest BCUT2D eigenvalue weighted by molar-refractivity contribution is -0.138. The van der Waals surface area contributed by atoms with Crippen molar-refractivity contribution in [2.45, 2.75) is 25.2 Å². The van der Waals surface area contributed by atoms with Gasteiger partial charge in [-0.3, -0.25) is 4.79 Å². The maximum Gasteiger partial charge on any atom is 0.417 e. The first-order valence-corrected chi connectivity index (χ1v) is 10.4. The summed E-state index contributed by atoms with van der Waals surface area (Å²) in [6.45, 7) is 1.17. The molecule has 0 radical (unpaired) electrons. The van der Waals surface area contributed by atoms with Crippen molar-refractivity contribution in [3.63, 3.8) is 0 Å². The average molecular weight is 463 g/mol. The molecular weight excluding hydrogens is 443 g/mol. The van der Waals surface area contributed by atoms with Gasteiger partial charge in [0.05, 0.1) is 23.7 Å². The van der Waals surface area contributed by atoms with Crippen molar-refractivity contribution in [1.29, 1.82) is 5.26 Å². The standard InChI is InChI=1S/C26H20F3N3O2/c1-25(34,24(33)31-19-11-10-18(15-30)22(14-19)26(27,28)29)16-32-13-12-21-20(8-5-9-23(21)32)17-6-3-2-4-7-17/h2-14,34H,16H2,1H3,(H,31,33). The summed E-state index contributed by atoms with van der Waals surface area (Å²) in [6, 6.07) is 21.8. The van der Waals surface area contributed by atoms with Gasteiger partial charge < -0.3 is 15.0 Å². The number of hydrogen-bond acceptors (Lipinski definition) is 3. The fourth-order valence-corrected chi connectivity index (χ4v) is 3.85. The predicted octanol–water partition coefficient (Wildman–Crippen LogP) is 5.59. The number of rotatable bonds is 5. The van der Waals surface area contributed by atoms with Crippen LogP contribution in [-0.4, -0.2) is 21.2 Å². The Hall–Kier alpha value is -4.09. The van der Waals surface area contributed by atoms with Crippen molar-refractivity contribution < 1.29 is 23.1 Å². The monoisotopic (exact) mass is 463 g/mol. The topological polar surface area (TPSA) is 78.1 Å². The summed E-state index contributed by atoms with van der Waals surface area (Å²) in [7, 11) is 0. The van der Waals surface area contributed by atoms with Crippen LogP contribution in [0.3, 0.4) is 0 Å². The van der Waals surface area contributed by atoms with Crippen LogP contribution in [0.15, 0.2) is 79.0 Å². The van der Waals surface area contributed by atoms with Gasteiger partial charge in [-0.2, -0.15) is 18.4 Å². The molecule has 0 aliphatic rings. The van der Waals surface area contributed by atoms with Crippen molar-refractivity contribution in [3.05, 3.63) is 90.1 Å². The number of nitriles is 1. The molecule has 4 aromatic rings. The van der Waals surface area contributed by atoms with Gasteiger partial charge in [0.1, 0.15) is 0 Å². The Morgan fingerprint density at radius 1 is 1.06 bits per heavy atom. The van der Waals surface area contributed by atoms with E-state index in [9.17, 15) is 23.1 Å². The summed E-state index contributed by atoms with van der Waals surface area (Å²) in [6.07, 6.45) is -3.00. The molecule has 1 unspecified atom stereocenters. The second kappa shape index (κ2) is 8.69. The van der Waals surface area contributed by atoms with Crippen LogP contribution >= 0.6 is 0 Å². The molecule has 0 aliphatic carbocycles. The first kappa shape index (κ1) is 23.1. The zero-order valence-electron chi connectivity index (χ0n) is 18.1. The van der Waals surface area contributed by atoms with Crippen LogP contribution in [-0.2, 0) is 17.5 Å². The number of hydrogen-bond donors (Lipinski definition) is 2. The Morgan fingerprint density at radius 2 is 1.79 bits per heavy atom. The second-order valence-electron chi connectivity index (χ2n) is 8.15. The summed E-state index contributed by atoms with van der Waals surface area (Å²) in [5, 5.41) is 23.1. The highest BCUT2D eigenvalue weighted by molar-refractivity contribution is 5.98. The number of fused-ring (bicyclic) bond motifs is 1. The Bertz CT molecular complexity index is 1400. The van der Waals surface area contributed by atoms with E-state index in [1.807, 2.05) is 54.6 Å². The Kier molecular flexibility index (Phi) is 5.90. The van der Waals surface area contributed by atoms with Crippen LogP contribution in [0.5, 0.6) is 0 Å². The summed E-state index contributed by atoms with van der Waals surface area (Å²) in [4.78, 5) is 12.8. The molecule has 0 aliphatic heterocycles. The molecule has 0 saturated heterocycles. The second-order valence-corrected chi connectivity index (χ2v) is 8.15.